The van der Waals surface area contributed by atoms with Crippen molar-refractivity contribution in [2.24, 2.45) is 4.99 Å². The van der Waals surface area contributed by atoms with Crippen molar-refractivity contribution < 1.29 is 23.0 Å². The van der Waals surface area contributed by atoms with Gasteiger partial charge in [-0.2, -0.15) is 8.78 Å². The SMILES string of the molecule is CN=C(NCCN1CCOCC1)NCc1cc(OC)ccc1OC(F)F. The maximum absolute atomic E-state index is 12.6. The fourth-order valence-corrected chi connectivity index (χ4v) is 2.59. The first-order valence-corrected chi connectivity index (χ1v) is 8.48. The summed E-state index contributed by atoms with van der Waals surface area (Å²) in [6.45, 7) is 2.36. The molecule has 1 fully saturated rings. The topological polar surface area (TPSA) is 67.4 Å². The van der Waals surface area contributed by atoms with Gasteiger partial charge in [0.25, 0.3) is 0 Å². The van der Waals surface area contributed by atoms with Gasteiger partial charge < -0.3 is 24.8 Å². The summed E-state index contributed by atoms with van der Waals surface area (Å²) >= 11 is 0. The van der Waals surface area contributed by atoms with Crippen LogP contribution in [0.25, 0.3) is 0 Å². The van der Waals surface area contributed by atoms with E-state index in [1.54, 1.807) is 19.2 Å². The quantitative estimate of drug-likeness (QED) is 0.530. The van der Waals surface area contributed by atoms with E-state index in [-0.39, 0.29) is 12.3 Å². The van der Waals surface area contributed by atoms with E-state index >= 15 is 0 Å². The number of rotatable bonds is 8. The summed E-state index contributed by atoms with van der Waals surface area (Å²) in [5.74, 6) is 1.26. The van der Waals surface area contributed by atoms with Gasteiger partial charge in [0.2, 0.25) is 0 Å². The number of hydrogen-bond acceptors (Lipinski definition) is 5. The largest absolute Gasteiger partial charge is 0.497 e. The van der Waals surface area contributed by atoms with Crippen LogP contribution in [-0.4, -0.2) is 71.0 Å². The second kappa shape index (κ2) is 10.8. The van der Waals surface area contributed by atoms with E-state index in [9.17, 15) is 8.78 Å². The number of nitrogens with zero attached hydrogens (tertiary/aromatic N) is 2. The first-order chi connectivity index (χ1) is 12.6. The van der Waals surface area contributed by atoms with Crippen LogP contribution < -0.4 is 20.1 Å². The van der Waals surface area contributed by atoms with Gasteiger partial charge >= 0.3 is 6.61 Å². The number of aliphatic imine (C=N–C) groups is 1. The number of methoxy groups -OCH3 is 1. The molecule has 9 heteroatoms. The average molecular weight is 372 g/mol. The lowest BCUT2D eigenvalue weighted by Gasteiger charge is -2.26. The molecule has 7 nitrogen and oxygen atoms in total. The van der Waals surface area contributed by atoms with E-state index in [1.165, 1.54) is 13.2 Å². The molecule has 1 heterocycles. The number of hydrogen-bond donors (Lipinski definition) is 2. The molecule has 1 aromatic carbocycles. The van der Waals surface area contributed by atoms with Crippen molar-refractivity contribution >= 4 is 5.96 Å². The van der Waals surface area contributed by atoms with Crippen LogP contribution in [0.15, 0.2) is 23.2 Å². The van der Waals surface area contributed by atoms with Gasteiger partial charge in [-0.1, -0.05) is 0 Å². The maximum atomic E-state index is 12.6. The van der Waals surface area contributed by atoms with Crippen LogP contribution in [0.3, 0.4) is 0 Å². The molecule has 1 aliphatic heterocycles. The Bertz CT molecular complexity index is 581. The zero-order chi connectivity index (χ0) is 18.8. The van der Waals surface area contributed by atoms with Crippen LogP contribution in [-0.2, 0) is 11.3 Å². The van der Waals surface area contributed by atoms with Crippen LogP contribution in [0.5, 0.6) is 11.5 Å². The molecule has 0 amide bonds. The summed E-state index contributed by atoms with van der Waals surface area (Å²) < 4.78 is 40.2. The molecule has 146 valence electrons. The highest BCUT2D eigenvalue weighted by molar-refractivity contribution is 5.79. The van der Waals surface area contributed by atoms with Gasteiger partial charge in [0.15, 0.2) is 5.96 Å². The van der Waals surface area contributed by atoms with E-state index in [1.807, 2.05) is 0 Å². The average Bonchev–Trinajstić information content (AvgIpc) is 2.65. The van der Waals surface area contributed by atoms with Gasteiger partial charge in [-0.15, -0.1) is 0 Å². The Hall–Kier alpha value is -2.13. The lowest BCUT2D eigenvalue weighted by atomic mass is 10.2. The molecular weight excluding hydrogens is 346 g/mol. The second-order valence-electron chi connectivity index (χ2n) is 5.66. The molecule has 0 atom stereocenters. The van der Waals surface area contributed by atoms with Crippen LogP contribution >= 0.6 is 0 Å². The fourth-order valence-electron chi connectivity index (χ4n) is 2.59. The number of benzene rings is 1. The third-order valence-electron chi connectivity index (χ3n) is 3.98. The summed E-state index contributed by atoms with van der Waals surface area (Å²) in [6.07, 6.45) is 0. The molecule has 0 radical (unpaired) electrons. The molecular formula is C17H26F2N4O3. The Morgan fingerprint density at radius 3 is 2.73 bits per heavy atom. The van der Waals surface area contributed by atoms with Crippen LogP contribution in [0.2, 0.25) is 0 Å². The Balaban J connectivity index is 1.86. The Morgan fingerprint density at radius 2 is 2.08 bits per heavy atom. The predicted octanol–water partition coefficient (Wildman–Crippen LogP) is 1.29. The van der Waals surface area contributed by atoms with E-state index in [0.29, 0.717) is 17.3 Å². The van der Waals surface area contributed by atoms with E-state index < -0.39 is 6.61 Å². The van der Waals surface area contributed by atoms with E-state index in [4.69, 9.17) is 9.47 Å². The van der Waals surface area contributed by atoms with E-state index in [2.05, 4.69) is 25.3 Å². The third-order valence-corrected chi connectivity index (χ3v) is 3.98. The Labute approximate surface area is 152 Å². The molecule has 0 saturated carbocycles. The summed E-state index contributed by atoms with van der Waals surface area (Å²) in [7, 11) is 3.18. The van der Waals surface area contributed by atoms with Crippen LogP contribution in [0.4, 0.5) is 8.78 Å². The van der Waals surface area contributed by atoms with Crippen molar-refractivity contribution in [2.75, 3.05) is 53.6 Å². The molecule has 0 unspecified atom stereocenters. The van der Waals surface area contributed by atoms with Crippen molar-refractivity contribution in [2.45, 2.75) is 13.2 Å². The van der Waals surface area contributed by atoms with Gasteiger partial charge in [0.05, 0.1) is 20.3 Å². The highest BCUT2D eigenvalue weighted by Crippen LogP contribution is 2.25. The molecule has 0 bridgehead atoms. The summed E-state index contributed by atoms with van der Waals surface area (Å²) in [6, 6.07) is 4.71. The highest BCUT2D eigenvalue weighted by Gasteiger charge is 2.12. The lowest BCUT2D eigenvalue weighted by Crippen LogP contribution is -2.44. The summed E-state index contributed by atoms with van der Waals surface area (Å²) in [5.41, 5.74) is 0.556. The molecule has 1 aromatic rings. The molecule has 1 saturated heterocycles. The van der Waals surface area contributed by atoms with E-state index in [0.717, 1.165) is 39.4 Å². The summed E-state index contributed by atoms with van der Waals surface area (Å²) in [5, 5.41) is 6.32. The molecule has 26 heavy (non-hydrogen) atoms. The number of ether oxygens (including phenoxy) is 3. The first-order valence-electron chi connectivity index (χ1n) is 8.48. The lowest BCUT2D eigenvalue weighted by molar-refractivity contribution is -0.0504. The molecule has 2 rings (SSSR count). The number of alkyl halides is 2. The Kier molecular flexibility index (Phi) is 8.36. The zero-order valence-electron chi connectivity index (χ0n) is 15.1. The minimum absolute atomic E-state index is 0.108. The maximum Gasteiger partial charge on any atom is 0.387 e. The van der Waals surface area contributed by atoms with Gasteiger partial charge in [-0.3, -0.25) is 9.89 Å². The molecule has 0 aromatic heterocycles. The van der Waals surface area contributed by atoms with Crippen molar-refractivity contribution in [3.8, 4) is 11.5 Å². The van der Waals surface area contributed by atoms with Crippen LogP contribution in [0, 0.1) is 0 Å². The van der Waals surface area contributed by atoms with Crippen LogP contribution in [0.1, 0.15) is 5.56 Å². The Morgan fingerprint density at radius 1 is 1.31 bits per heavy atom. The van der Waals surface area contributed by atoms with Gasteiger partial charge in [0, 0.05) is 45.3 Å². The number of nitrogens with one attached hydrogen (secondary N) is 2. The normalized spacial score (nSPS) is 15.8. The van der Waals surface area contributed by atoms with Crippen molar-refractivity contribution in [1.82, 2.24) is 15.5 Å². The second-order valence-corrected chi connectivity index (χ2v) is 5.66. The monoisotopic (exact) mass is 372 g/mol. The third kappa shape index (κ3) is 6.64. The molecule has 1 aliphatic rings. The number of morpholine rings is 1. The van der Waals surface area contributed by atoms with Crippen molar-refractivity contribution in [3.05, 3.63) is 23.8 Å². The minimum atomic E-state index is -2.88. The number of guanidine groups is 1. The van der Waals surface area contributed by atoms with Gasteiger partial charge in [0.1, 0.15) is 11.5 Å². The fraction of sp³-hybridized carbons (Fsp3) is 0.588. The molecule has 0 aliphatic carbocycles. The van der Waals surface area contributed by atoms with Crippen molar-refractivity contribution in [1.29, 1.82) is 0 Å². The zero-order valence-corrected chi connectivity index (χ0v) is 15.1. The van der Waals surface area contributed by atoms with Gasteiger partial charge in [-0.05, 0) is 18.2 Å². The molecule has 0 spiro atoms. The smallest absolute Gasteiger partial charge is 0.387 e. The molecule has 2 N–H and O–H groups in total. The number of halogens is 2. The standard InChI is InChI=1S/C17H26F2N4O3/c1-20-17(21-5-6-23-7-9-25-10-8-23)22-12-13-11-14(24-2)3-4-15(13)26-16(18)19/h3-4,11,16H,5-10,12H2,1-2H3,(H2,20,21,22). The minimum Gasteiger partial charge on any atom is -0.497 e. The summed E-state index contributed by atoms with van der Waals surface area (Å²) in [4.78, 5) is 6.46. The predicted molar refractivity (Wildman–Crippen MR) is 95.1 cm³/mol. The first kappa shape index (κ1) is 20.2. The van der Waals surface area contributed by atoms with Crippen molar-refractivity contribution in [3.63, 3.8) is 0 Å². The van der Waals surface area contributed by atoms with Gasteiger partial charge in [-0.25, -0.2) is 0 Å². The highest BCUT2D eigenvalue weighted by atomic mass is 19.3.